The summed E-state index contributed by atoms with van der Waals surface area (Å²) in [6.45, 7) is 0.314. The number of halogens is 2. The monoisotopic (exact) mass is 360 g/mol. The summed E-state index contributed by atoms with van der Waals surface area (Å²) in [7, 11) is 0. The van der Waals surface area contributed by atoms with Crippen molar-refractivity contribution in [1.29, 1.82) is 0 Å². The number of hydrogen-bond acceptors (Lipinski definition) is 4. The van der Waals surface area contributed by atoms with E-state index < -0.39 is 11.6 Å². The molecule has 1 unspecified atom stereocenters. The first-order valence-corrected chi connectivity index (χ1v) is 8.55. The molecule has 0 saturated carbocycles. The molecule has 1 saturated heterocycles. The maximum atomic E-state index is 14.5. The lowest BCUT2D eigenvalue weighted by atomic mass is 10.0. The van der Waals surface area contributed by atoms with E-state index in [1.807, 2.05) is 0 Å². The SMILES string of the molecule is OCc1cc2cc(-c3ccc(OC4CCCCO4)cc3)c(F)c(F)c2o1. The van der Waals surface area contributed by atoms with Crippen LogP contribution in [0.15, 0.2) is 40.8 Å². The highest BCUT2D eigenvalue weighted by Gasteiger charge is 2.19. The summed E-state index contributed by atoms with van der Waals surface area (Å²) in [6, 6.07) is 9.78. The van der Waals surface area contributed by atoms with Crippen LogP contribution in [0, 0.1) is 11.6 Å². The van der Waals surface area contributed by atoms with Gasteiger partial charge in [-0.05, 0) is 42.7 Å². The summed E-state index contributed by atoms with van der Waals surface area (Å²) in [5.41, 5.74) is 0.456. The molecule has 4 nitrogen and oxygen atoms in total. The molecule has 0 spiro atoms. The van der Waals surface area contributed by atoms with E-state index in [9.17, 15) is 8.78 Å². The molecule has 1 aromatic heterocycles. The van der Waals surface area contributed by atoms with Crippen molar-refractivity contribution in [2.24, 2.45) is 0 Å². The molecule has 0 amide bonds. The lowest BCUT2D eigenvalue weighted by molar-refractivity contribution is -0.105. The summed E-state index contributed by atoms with van der Waals surface area (Å²) in [5, 5.41) is 9.52. The summed E-state index contributed by atoms with van der Waals surface area (Å²) >= 11 is 0. The number of rotatable bonds is 4. The minimum atomic E-state index is -1.06. The minimum Gasteiger partial charge on any atom is -0.465 e. The van der Waals surface area contributed by atoms with Crippen molar-refractivity contribution in [3.63, 3.8) is 0 Å². The number of aliphatic hydroxyl groups is 1. The van der Waals surface area contributed by atoms with Crippen molar-refractivity contribution < 1.29 is 27.8 Å². The molecule has 26 heavy (non-hydrogen) atoms. The first kappa shape index (κ1) is 17.0. The second-order valence-electron chi connectivity index (χ2n) is 6.28. The maximum absolute atomic E-state index is 14.5. The molecule has 0 bridgehead atoms. The van der Waals surface area contributed by atoms with Gasteiger partial charge in [0.25, 0.3) is 0 Å². The summed E-state index contributed by atoms with van der Waals surface area (Å²) in [5.74, 6) is -1.24. The lowest BCUT2D eigenvalue weighted by Gasteiger charge is -2.23. The van der Waals surface area contributed by atoms with Crippen LogP contribution in [0.4, 0.5) is 8.78 Å². The van der Waals surface area contributed by atoms with Gasteiger partial charge in [0.2, 0.25) is 5.82 Å². The van der Waals surface area contributed by atoms with Gasteiger partial charge in [-0.3, -0.25) is 0 Å². The Hall–Kier alpha value is -2.44. The third-order valence-corrected chi connectivity index (χ3v) is 4.47. The van der Waals surface area contributed by atoms with Gasteiger partial charge in [-0.1, -0.05) is 12.1 Å². The number of benzene rings is 2. The molecule has 2 heterocycles. The van der Waals surface area contributed by atoms with Gasteiger partial charge < -0.3 is 19.0 Å². The van der Waals surface area contributed by atoms with Gasteiger partial charge in [-0.15, -0.1) is 0 Å². The van der Waals surface area contributed by atoms with Gasteiger partial charge in [0.15, 0.2) is 17.7 Å². The van der Waals surface area contributed by atoms with Gasteiger partial charge in [0, 0.05) is 17.4 Å². The van der Waals surface area contributed by atoms with E-state index >= 15 is 0 Å². The molecule has 136 valence electrons. The summed E-state index contributed by atoms with van der Waals surface area (Å²) < 4.78 is 45.2. The van der Waals surface area contributed by atoms with Crippen LogP contribution in [-0.2, 0) is 11.3 Å². The van der Waals surface area contributed by atoms with Gasteiger partial charge in [-0.25, -0.2) is 4.39 Å². The number of fused-ring (bicyclic) bond motifs is 1. The molecule has 0 radical (unpaired) electrons. The van der Waals surface area contributed by atoms with E-state index in [0.717, 1.165) is 19.3 Å². The standard InChI is InChI=1S/C20H18F2O4/c21-18-16(10-13-9-15(11-23)26-20(13)19(18)22)12-4-6-14(7-5-12)25-17-3-1-2-8-24-17/h4-7,9-10,17,23H,1-3,8,11H2. The Morgan fingerprint density at radius 1 is 1.08 bits per heavy atom. The Morgan fingerprint density at radius 3 is 2.58 bits per heavy atom. The van der Waals surface area contributed by atoms with Crippen LogP contribution in [-0.4, -0.2) is 18.0 Å². The van der Waals surface area contributed by atoms with Crippen molar-refractivity contribution in [3.8, 4) is 16.9 Å². The van der Waals surface area contributed by atoms with Gasteiger partial charge >= 0.3 is 0 Å². The highest BCUT2D eigenvalue weighted by Crippen LogP contribution is 2.33. The van der Waals surface area contributed by atoms with Crippen molar-refractivity contribution in [2.75, 3.05) is 6.61 Å². The quantitative estimate of drug-likeness (QED) is 0.728. The molecule has 1 aliphatic heterocycles. The zero-order chi connectivity index (χ0) is 18.1. The van der Waals surface area contributed by atoms with E-state index in [-0.39, 0.29) is 29.8 Å². The maximum Gasteiger partial charge on any atom is 0.202 e. The van der Waals surface area contributed by atoms with E-state index in [1.165, 1.54) is 12.1 Å². The van der Waals surface area contributed by atoms with Crippen LogP contribution in [0.5, 0.6) is 5.75 Å². The van der Waals surface area contributed by atoms with Crippen LogP contribution in [0.3, 0.4) is 0 Å². The fraction of sp³-hybridized carbons (Fsp3) is 0.300. The third-order valence-electron chi connectivity index (χ3n) is 4.47. The molecule has 4 rings (SSSR count). The van der Waals surface area contributed by atoms with Crippen LogP contribution in [0.1, 0.15) is 25.0 Å². The lowest BCUT2D eigenvalue weighted by Crippen LogP contribution is -2.24. The first-order chi connectivity index (χ1) is 12.7. The minimum absolute atomic E-state index is 0.126. The highest BCUT2D eigenvalue weighted by molar-refractivity contribution is 5.85. The molecule has 3 aromatic rings. The molecular weight excluding hydrogens is 342 g/mol. The van der Waals surface area contributed by atoms with Gasteiger partial charge in [0.1, 0.15) is 18.1 Å². The number of aliphatic hydroxyl groups excluding tert-OH is 1. The number of hydrogen-bond donors (Lipinski definition) is 1. The van der Waals surface area contributed by atoms with Crippen molar-refractivity contribution in [3.05, 3.63) is 53.8 Å². The van der Waals surface area contributed by atoms with Crippen molar-refractivity contribution in [1.82, 2.24) is 0 Å². The second-order valence-corrected chi connectivity index (χ2v) is 6.28. The normalized spacial score (nSPS) is 17.6. The smallest absolute Gasteiger partial charge is 0.202 e. The van der Waals surface area contributed by atoms with Crippen LogP contribution >= 0.6 is 0 Å². The average Bonchev–Trinajstić information content (AvgIpc) is 3.10. The molecule has 1 N–H and O–H groups in total. The Kier molecular flexibility index (Phi) is 4.61. The average molecular weight is 360 g/mol. The second kappa shape index (κ2) is 7.05. The zero-order valence-electron chi connectivity index (χ0n) is 14.0. The van der Waals surface area contributed by atoms with E-state index in [4.69, 9.17) is 19.0 Å². The first-order valence-electron chi connectivity index (χ1n) is 8.55. The molecule has 6 heteroatoms. The van der Waals surface area contributed by atoms with Crippen LogP contribution < -0.4 is 4.74 Å². The Balaban J connectivity index is 1.63. The van der Waals surface area contributed by atoms with Crippen LogP contribution in [0.2, 0.25) is 0 Å². The van der Waals surface area contributed by atoms with E-state index in [1.54, 1.807) is 24.3 Å². The predicted molar refractivity (Wildman–Crippen MR) is 91.7 cm³/mol. The molecule has 1 aliphatic rings. The third kappa shape index (κ3) is 3.18. The fourth-order valence-corrected chi connectivity index (χ4v) is 3.13. The Labute approximate surface area is 149 Å². The number of furan rings is 1. The van der Waals surface area contributed by atoms with Crippen molar-refractivity contribution >= 4 is 11.0 Å². The van der Waals surface area contributed by atoms with E-state index in [0.29, 0.717) is 23.3 Å². The Bertz CT molecular complexity index is 912. The van der Waals surface area contributed by atoms with Gasteiger partial charge in [0.05, 0.1) is 6.61 Å². The molecule has 0 aliphatic carbocycles. The zero-order valence-corrected chi connectivity index (χ0v) is 14.0. The highest BCUT2D eigenvalue weighted by atomic mass is 19.2. The van der Waals surface area contributed by atoms with Crippen LogP contribution in [0.25, 0.3) is 22.1 Å². The Morgan fingerprint density at radius 2 is 1.88 bits per heavy atom. The van der Waals surface area contributed by atoms with Gasteiger partial charge in [-0.2, -0.15) is 4.39 Å². The molecule has 1 fully saturated rings. The number of ether oxygens (including phenoxy) is 2. The molecule has 2 aromatic carbocycles. The molecule has 1 atom stereocenters. The fourth-order valence-electron chi connectivity index (χ4n) is 3.13. The van der Waals surface area contributed by atoms with E-state index in [2.05, 4.69) is 0 Å². The summed E-state index contributed by atoms with van der Waals surface area (Å²) in [4.78, 5) is 0. The van der Waals surface area contributed by atoms with Crippen molar-refractivity contribution in [2.45, 2.75) is 32.2 Å². The predicted octanol–water partition coefficient (Wildman–Crippen LogP) is 4.78. The molecular formula is C20H18F2O4. The largest absolute Gasteiger partial charge is 0.465 e. The topological polar surface area (TPSA) is 51.8 Å². The summed E-state index contributed by atoms with van der Waals surface area (Å²) in [6.07, 6.45) is 2.68.